The lowest BCUT2D eigenvalue weighted by Crippen LogP contribution is -2.25. The molecule has 2 rings (SSSR count). The topological polar surface area (TPSA) is 17.1 Å². The van der Waals surface area contributed by atoms with E-state index in [-0.39, 0.29) is 5.41 Å². The number of Topliss-reactive ketones (excluding diaryl/α,β-unsaturated/α-hetero) is 1. The molecule has 0 radical (unpaired) electrons. The highest BCUT2D eigenvalue weighted by Crippen LogP contribution is 2.61. The Bertz CT molecular complexity index is 219. The fourth-order valence-corrected chi connectivity index (χ4v) is 2.25. The van der Waals surface area contributed by atoms with Crippen LogP contribution in [-0.2, 0) is 4.79 Å². The molecule has 0 spiro atoms. The second-order valence-electron chi connectivity index (χ2n) is 4.02. The Hall–Kier alpha value is -0.590. The standard InChI is InChI=1S/C10H14O/c1-4-10(3)6(2)7-5-8(7)9(10)11/h7-8H,2,4-5H2,1,3H3. The summed E-state index contributed by atoms with van der Waals surface area (Å²) in [5.41, 5.74) is 1.04. The van der Waals surface area contributed by atoms with Gasteiger partial charge in [0, 0.05) is 11.3 Å². The van der Waals surface area contributed by atoms with Crippen molar-refractivity contribution in [2.75, 3.05) is 0 Å². The minimum atomic E-state index is -0.159. The Kier molecular flexibility index (Phi) is 1.14. The monoisotopic (exact) mass is 150 g/mol. The number of allylic oxidation sites excluding steroid dienone is 1. The highest BCUT2D eigenvalue weighted by molar-refractivity contribution is 5.96. The average Bonchev–Trinajstić information content (AvgIpc) is 2.75. The highest BCUT2D eigenvalue weighted by Gasteiger charge is 2.60. The van der Waals surface area contributed by atoms with E-state index in [0.29, 0.717) is 17.6 Å². The van der Waals surface area contributed by atoms with E-state index in [2.05, 4.69) is 13.5 Å². The van der Waals surface area contributed by atoms with Crippen LogP contribution in [0.2, 0.25) is 0 Å². The van der Waals surface area contributed by atoms with Crippen molar-refractivity contribution >= 4 is 5.78 Å². The van der Waals surface area contributed by atoms with E-state index < -0.39 is 0 Å². The summed E-state index contributed by atoms with van der Waals surface area (Å²) in [6.45, 7) is 8.15. The third-order valence-corrected chi connectivity index (χ3v) is 3.53. The molecular weight excluding hydrogens is 136 g/mol. The molecule has 1 nitrogen and oxygen atoms in total. The van der Waals surface area contributed by atoms with Crippen molar-refractivity contribution in [3.05, 3.63) is 12.2 Å². The van der Waals surface area contributed by atoms with Crippen LogP contribution in [0.25, 0.3) is 0 Å². The zero-order valence-corrected chi connectivity index (χ0v) is 7.18. The maximum Gasteiger partial charge on any atom is 0.146 e. The maximum absolute atomic E-state index is 11.6. The average molecular weight is 150 g/mol. The Morgan fingerprint density at radius 2 is 2.27 bits per heavy atom. The summed E-state index contributed by atoms with van der Waals surface area (Å²) in [6.07, 6.45) is 2.02. The van der Waals surface area contributed by atoms with Gasteiger partial charge in [0.05, 0.1) is 0 Å². The van der Waals surface area contributed by atoms with Gasteiger partial charge < -0.3 is 0 Å². The van der Waals surface area contributed by atoms with Gasteiger partial charge in [-0.15, -0.1) is 0 Å². The lowest BCUT2D eigenvalue weighted by Gasteiger charge is -2.24. The first-order valence-electron chi connectivity index (χ1n) is 4.35. The van der Waals surface area contributed by atoms with Crippen molar-refractivity contribution in [1.82, 2.24) is 0 Å². The molecule has 1 heteroatoms. The first-order chi connectivity index (χ1) is 5.11. The molecular formula is C10H14O. The van der Waals surface area contributed by atoms with Crippen LogP contribution in [0.4, 0.5) is 0 Å². The predicted molar refractivity (Wildman–Crippen MR) is 44.1 cm³/mol. The third kappa shape index (κ3) is 0.640. The SMILES string of the molecule is C=C1C2CC2C(=O)C1(C)CC. The van der Waals surface area contributed by atoms with Crippen LogP contribution in [0, 0.1) is 17.3 Å². The molecule has 2 fully saturated rings. The quantitative estimate of drug-likeness (QED) is 0.523. The number of hydrogen-bond donors (Lipinski definition) is 0. The lowest BCUT2D eigenvalue weighted by atomic mass is 9.78. The Morgan fingerprint density at radius 1 is 1.64 bits per heavy atom. The summed E-state index contributed by atoms with van der Waals surface area (Å²) < 4.78 is 0. The fourth-order valence-electron chi connectivity index (χ4n) is 2.25. The van der Waals surface area contributed by atoms with Crippen molar-refractivity contribution in [1.29, 1.82) is 0 Å². The van der Waals surface area contributed by atoms with E-state index in [1.54, 1.807) is 0 Å². The number of hydrogen-bond acceptors (Lipinski definition) is 1. The number of carbonyl (C=O) groups is 1. The molecule has 2 aliphatic carbocycles. The van der Waals surface area contributed by atoms with E-state index >= 15 is 0 Å². The van der Waals surface area contributed by atoms with Crippen molar-refractivity contribution in [2.45, 2.75) is 26.7 Å². The molecule has 3 atom stereocenters. The number of ketones is 1. The van der Waals surface area contributed by atoms with Gasteiger partial charge in [-0.25, -0.2) is 0 Å². The molecule has 2 aliphatic rings. The van der Waals surface area contributed by atoms with Crippen LogP contribution in [0.1, 0.15) is 26.7 Å². The Labute approximate surface area is 67.5 Å². The van der Waals surface area contributed by atoms with Gasteiger partial charge in [-0.05, 0) is 25.7 Å². The molecule has 3 unspecified atom stereocenters. The second-order valence-corrected chi connectivity index (χ2v) is 4.02. The molecule has 0 aromatic heterocycles. The summed E-state index contributed by atoms with van der Waals surface area (Å²) in [4.78, 5) is 11.6. The first kappa shape index (κ1) is 7.08. The lowest BCUT2D eigenvalue weighted by molar-refractivity contribution is -0.126. The summed E-state index contributed by atoms with van der Waals surface area (Å²) >= 11 is 0. The summed E-state index contributed by atoms with van der Waals surface area (Å²) in [5, 5.41) is 0. The minimum absolute atomic E-state index is 0.159. The molecule has 11 heavy (non-hydrogen) atoms. The second kappa shape index (κ2) is 1.77. The van der Waals surface area contributed by atoms with Gasteiger partial charge in [0.2, 0.25) is 0 Å². The van der Waals surface area contributed by atoms with Crippen LogP contribution < -0.4 is 0 Å². The molecule has 0 aromatic carbocycles. The van der Waals surface area contributed by atoms with Crippen molar-refractivity contribution in [3.63, 3.8) is 0 Å². The van der Waals surface area contributed by atoms with E-state index in [4.69, 9.17) is 0 Å². The van der Waals surface area contributed by atoms with Gasteiger partial charge in [-0.2, -0.15) is 0 Å². The van der Waals surface area contributed by atoms with Gasteiger partial charge in [-0.3, -0.25) is 4.79 Å². The predicted octanol–water partition coefficient (Wildman–Crippen LogP) is 2.18. The number of fused-ring (bicyclic) bond motifs is 1. The highest BCUT2D eigenvalue weighted by atomic mass is 16.1. The molecule has 0 aromatic rings. The van der Waals surface area contributed by atoms with E-state index in [9.17, 15) is 4.79 Å². The van der Waals surface area contributed by atoms with Gasteiger partial charge in [0.25, 0.3) is 0 Å². The molecule has 60 valence electrons. The smallest absolute Gasteiger partial charge is 0.146 e. The molecule has 0 heterocycles. The zero-order chi connectivity index (χ0) is 8.22. The van der Waals surface area contributed by atoms with Crippen LogP contribution in [0.5, 0.6) is 0 Å². The number of rotatable bonds is 1. The normalized spacial score (nSPS) is 47.8. The van der Waals surface area contributed by atoms with Crippen LogP contribution >= 0.6 is 0 Å². The maximum atomic E-state index is 11.6. The molecule has 0 N–H and O–H groups in total. The van der Waals surface area contributed by atoms with Gasteiger partial charge in [-0.1, -0.05) is 19.1 Å². The summed E-state index contributed by atoms with van der Waals surface area (Å²) in [6, 6.07) is 0. The van der Waals surface area contributed by atoms with Crippen molar-refractivity contribution < 1.29 is 4.79 Å². The zero-order valence-electron chi connectivity index (χ0n) is 7.18. The van der Waals surface area contributed by atoms with E-state index in [1.165, 1.54) is 5.57 Å². The summed E-state index contributed by atoms with van der Waals surface area (Å²) in [7, 11) is 0. The number of carbonyl (C=O) groups excluding carboxylic acids is 1. The Morgan fingerprint density at radius 3 is 2.55 bits per heavy atom. The van der Waals surface area contributed by atoms with Crippen molar-refractivity contribution in [3.8, 4) is 0 Å². The minimum Gasteiger partial charge on any atom is -0.298 e. The molecule has 0 aliphatic heterocycles. The van der Waals surface area contributed by atoms with Crippen LogP contribution in [-0.4, -0.2) is 5.78 Å². The van der Waals surface area contributed by atoms with Crippen LogP contribution in [0.3, 0.4) is 0 Å². The van der Waals surface area contributed by atoms with E-state index in [0.717, 1.165) is 12.8 Å². The van der Waals surface area contributed by atoms with Gasteiger partial charge >= 0.3 is 0 Å². The molecule has 0 amide bonds. The van der Waals surface area contributed by atoms with Gasteiger partial charge in [0.15, 0.2) is 0 Å². The largest absolute Gasteiger partial charge is 0.298 e. The molecule has 2 saturated carbocycles. The Balaban J connectivity index is 2.36. The van der Waals surface area contributed by atoms with E-state index in [1.807, 2.05) is 6.92 Å². The van der Waals surface area contributed by atoms with Crippen molar-refractivity contribution in [2.24, 2.45) is 17.3 Å². The van der Waals surface area contributed by atoms with Gasteiger partial charge in [0.1, 0.15) is 5.78 Å². The fraction of sp³-hybridized carbons (Fsp3) is 0.700. The first-order valence-corrected chi connectivity index (χ1v) is 4.35. The molecule has 0 saturated heterocycles. The third-order valence-electron chi connectivity index (χ3n) is 3.53. The van der Waals surface area contributed by atoms with Crippen LogP contribution in [0.15, 0.2) is 12.2 Å². The molecule has 0 bridgehead atoms. The summed E-state index contributed by atoms with van der Waals surface area (Å²) in [5.74, 6) is 1.38.